The van der Waals surface area contributed by atoms with Crippen molar-refractivity contribution in [2.24, 2.45) is 11.8 Å². The van der Waals surface area contributed by atoms with Gasteiger partial charge in [-0.15, -0.1) is 0 Å². The summed E-state index contributed by atoms with van der Waals surface area (Å²) in [4.78, 5) is 0. The zero-order valence-corrected chi connectivity index (χ0v) is 6.64. The molecule has 0 spiro atoms. The number of hydrogen-bond acceptors (Lipinski definition) is 1. The molecule has 0 amide bonds. The molecule has 9 heavy (non-hydrogen) atoms. The number of rotatable bonds is 0. The summed E-state index contributed by atoms with van der Waals surface area (Å²) in [6.07, 6.45) is 0. The fourth-order valence-electron chi connectivity index (χ4n) is 1.14. The van der Waals surface area contributed by atoms with Crippen molar-refractivity contribution in [1.82, 2.24) is 0 Å². The van der Waals surface area contributed by atoms with Gasteiger partial charge in [0.25, 0.3) is 0 Å². The molecule has 1 fully saturated rings. The molecule has 1 radical (unpaired) electrons. The van der Waals surface area contributed by atoms with Gasteiger partial charge in [0.05, 0.1) is 12.2 Å². The van der Waals surface area contributed by atoms with Crippen molar-refractivity contribution in [2.45, 2.75) is 33.3 Å². The van der Waals surface area contributed by atoms with Gasteiger partial charge in [0.15, 0.2) is 0 Å². The molecule has 0 bridgehead atoms. The van der Waals surface area contributed by atoms with Gasteiger partial charge in [-0.2, -0.15) is 0 Å². The van der Waals surface area contributed by atoms with Gasteiger partial charge in [0.1, 0.15) is 0 Å². The van der Waals surface area contributed by atoms with Crippen molar-refractivity contribution >= 4 is 0 Å². The molecule has 0 saturated carbocycles. The predicted octanol–water partition coefficient (Wildman–Crippen LogP) is 2.23. The normalized spacial score (nSPS) is 41.3. The van der Waals surface area contributed by atoms with Crippen LogP contribution < -0.4 is 0 Å². The largest absolute Gasteiger partial charge is 0.369 e. The lowest BCUT2D eigenvalue weighted by Crippen LogP contribution is -2.26. The third-order valence-electron chi connectivity index (χ3n) is 2.47. The van der Waals surface area contributed by atoms with Gasteiger partial charge < -0.3 is 4.74 Å². The highest BCUT2D eigenvalue weighted by Gasteiger charge is 2.37. The van der Waals surface area contributed by atoms with E-state index in [0.717, 1.165) is 0 Å². The van der Waals surface area contributed by atoms with Crippen LogP contribution >= 0.6 is 0 Å². The molecule has 0 aromatic carbocycles. The van der Waals surface area contributed by atoms with Crippen molar-refractivity contribution in [3.05, 3.63) is 6.61 Å². The van der Waals surface area contributed by atoms with Crippen LogP contribution in [0.4, 0.5) is 0 Å². The van der Waals surface area contributed by atoms with Crippen LogP contribution in [0.1, 0.15) is 27.7 Å². The highest BCUT2D eigenvalue weighted by atomic mass is 16.5. The summed E-state index contributed by atoms with van der Waals surface area (Å²) in [5, 5.41) is 0. The van der Waals surface area contributed by atoms with E-state index in [-0.39, 0.29) is 5.60 Å². The van der Waals surface area contributed by atoms with Crippen molar-refractivity contribution < 1.29 is 4.74 Å². The van der Waals surface area contributed by atoms with Gasteiger partial charge in [0, 0.05) is 0 Å². The summed E-state index contributed by atoms with van der Waals surface area (Å²) in [5.41, 5.74) is 0.0689. The zero-order valence-electron chi connectivity index (χ0n) is 6.64. The highest BCUT2D eigenvalue weighted by Crippen LogP contribution is 2.37. The molecular weight excluding hydrogens is 112 g/mol. The van der Waals surface area contributed by atoms with Gasteiger partial charge in [-0.25, -0.2) is 0 Å². The molecule has 0 aromatic rings. The summed E-state index contributed by atoms with van der Waals surface area (Å²) >= 11 is 0. The Hall–Kier alpha value is -0.0400. The number of hydrogen-bond donors (Lipinski definition) is 0. The summed E-state index contributed by atoms with van der Waals surface area (Å²) in [5.74, 6) is 1.26. The summed E-state index contributed by atoms with van der Waals surface area (Å²) in [6.45, 7) is 10.6. The third-order valence-corrected chi connectivity index (χ3v) is 2.47. The van der Waals surface area contributed by atoms with Gasteiger partial charge in [-0.05, 0) is 25.7 Å². The second kappa shape index (κ2) is 1.98. The standard InChI is InChI=1S/C8H15O/c1-6-5-9-8(3,4)7(6)2/h5-7H,1-4H3. The van der Waals surface area contributed by atoms with E-state index in [1.165, 1.54) is 0 Å². The molecule has 0 aliphatic carbocycles. The first-order valence-corrected chi connectivity index (χ1v) is 3.55. The van der Waals surface area contributed by atoms with E-state index in [1.807, 2.05) is 6.61 Å². The fourth-order valence-corrected chi connectivity index (χ4v) is 1.14. The zero-order chi connectivity index (χ0) is 7.07. The lowest BCUT2D eigenvalue weighted by molar-refractivity contribution is 0.0426. The topological polar surface area (TPSA) is 9.23 Å². The second-order valence-corrected chi connectivity index (χ2v) is 3.51. The summed E-state index contributed by atoms with van der Waals surface area (Å²) < 4.78 is 5.44. The van der Waals surface area contributed by atoms with E-state index >= 15 is 0 Å². The SMILES string of the molecule is CC1[CH]OC(C)(C)C1C. The van der Waals surface area contributed by atoms with E-state index in [2.05, 4.69) is 27.7 Å². The van der Waals surface area contributed by atoms with E-state index in [4.69, 9.17) is 4.74 Å². The smallest absolute Gasteiger partial charge is 0.0876 e. The summed E-state index contributed by atoms with van der Waals surface area (Å²) in [7, 11) is 0. The molecule has 1 saturated heterocycles. The first-order valence-electron chi connectivity index (χ1n) is 3.55. The fraction of sp³-hybridized carbons (Fsp3) is 0.875. The molecule has 2 atom stereocenters. The molecular formula is C8H15O. The molecule has 1 aliphatic rings. The minimum Gasteiger partial charge on any atom is -0.369 e. The van der Waals surface area contributed by atoms with Crippen molar-refractivity contribution in [3.63, 3.8) is 0 Å². The molecule has 53 valence electrons. The Kier molecular flexibility index (Phi) is 1.55. The Morgan fingerprint density at radius 2 is 1.89 bits per heavy atom. The Balaban J connectivity index is 2.62. The molecule has 1 aliphatic heterocycles. The lowest BCUT2D eigenvalue weighted by atomic mass is 9.86. The van der Waals surface area contributed by atoms with Crippen molar-refractivity contribution in [3.8, 4) is 0 Å². The lowest BCUT2D eigenvalue weighted by Gasteiger charge is -2.23. The minimum absolute atomic E-state index is 0.0689. The number of ether oxygens (including phenoxy) is 1. The van der Waals surface area contributed by atoms with Gasteiger partial charge >= 0.3 is 0 Å². The molecule has 1 heteroatoms. The third kappa shape index (κ3) is 1.11. The Bertz CT molecular complexity index is 107. The first kappa shape index (κ1) is 7.07. The minimum atomic E-state index is 0.0689. The quantitative estimate of drug-likeness (QED) is 0.485. The van der Waals surface area contributed by atoms with Crippen molar-refractivity contribution in [1.29, 1.82) is 0 Å². The average molecular weight is 127 g/mol. The van der Waals surface area contributed by atoms with E-state index in [1.54, 1.807) is 0 Å². The highest BCUT2D eigenvalue weighted by molar-refractivity contribution is 4.91. The van der Waals surface area contributed by atoms with Crippen LogP contribution in [0.3, 0.4) is 0 Å². The van der Waals surface area contributed by atoms with Crippen LogP contribution in [0.5, 0.6) is 0 Å². The Labute approximate surface area is 57.4 Å². The monoisotopic (exact) mass is 127 g/mol. The Morgan fingerprint density at radius 1 is 1.33 bits per heavy atom. The maximum atomic E-state index is 5.44. The van der Waals surface area contributed by atoms with E-state index < -0.39 is 0 Å². The molecule has 0 N–H and O–H groups in total. The Morgan fingerprint density at radius 3 is 2.00 bits per heavy atom. The van der Waals surface area contributed by atoms with Gasteiger partial charge in [0.2, 0.25) is 0 Å². The van der Waals surface area contributed by atoms with Crippen LogP contribution in [-0.2, 0) is 4.74 Å². The maximum Gasteiger partial charge on any atom is 0.0876 e. The van der Waals surface area contributed by atoms with Gasteiger partial charge in [-0.1, -0.05) is 13.8 Å². The maximum absolute atomic E-state index is 5.44. The molecule has 1 rings (SSSR count). The van der Waals surface area contributed by atoms with E-state index in [9.17, 15) is 0 Å². The molecule has 1 heterocycles. The molecule has 1 nitrogen and oxygen atoms in total. The predicted molar refractivity (Wildman–Crippen MR) is 37.8 cm³/mol. The van der Waals surface area contributed by atoms with Crippen LogP contribution in [0.15, 0.2) is 0 Å². The summed E-state index contributed by atoms with van der Waals surface area (Å²) in [6, 6.07) is 0. The van der Waals surface area contributed by atoms with Crippen LogP contribution in [0.2, 0.25) is 0 Å². The molecule has 2 unspecified atom stereocenters. The first-order chi connectivity index (χ1) is 4.04. The van der Waals surface area contributed by atoms with Crippen LogP contribution in [0.25, 0.3) is 0 Å². The molecule has 0 aromatic heterocycles. The second-order valence-electron chi connectivity index (χ2n) is 3.51. The average Bonchev–Trinajstić information content (AvgIpc) is 1.97. The van der Waals surface area contributed by atoms with E-state index in [0.29, 0.717) is 11.8 Å². The van der Waals surface area contributed by atoms with Crippen LogP contribution in [-0.4, -0.2) is 5.60 Å². The van der Waals surface area contributed by atoms with Crippen molar-refractivity contribution in [2.75, 3.05) is 0 Å². The van der Waals surface area contributed by atoms with Crippen LogP contribution in [0, 0.1) is 18.4 Å². The van der Waals surface area contributed by atoms with Gasteiger partial charge in [-0.3, -0.25) is 0 Å².